The van der Waals surface area contributed by atoms with Crippen LogP contribution in [-0.2, 0) is 28.6 Å². The van der Waals surface area contributed by atoms with Gasteiger partial charge in [-0.2, -0.15) is 13.2 Å². The van der Waals surface area contributed by atoms with E-state index >= 15 is 0 Å². The first-order chi connectivity index (χ1) is 16.1. The Balaban J connectivity index is 1.81. The molecular weight excluding hydrogens is 451 g/mol. The number of carboxylic acids is 1. The van der Waals surface area contributed by atoms with E-state index in [0.717, 1.165) is 23.8 Å². The molecule has 1 heterocycles. The van der Waals surface area contributed by atoms with Crippen molar-refractivity contribution >= 4 is 17.7 Å². The molecule has 1 amide bonds. The second-order valence-corrected chi connectivity index (χ2v) is 7.77. The van der Waals surface area contributed by atoms with Crippen molar-refractivity contribution in [1.29, 1.82) is 0 Å². The third kappa shape index (κ3) is 6.77. The van der Waals surface area contributed by atoms with Crippen molar-refractivity contribution in [2.24, 2.45) is 5.92 Å². The number of imidazole rings is 1. The summed E-state index contributed by atoms with van der Waals surface area (Å²) in [5.41, 5.74) is 0.0770. The van der Waals surface area contributed by atoms with Gasteiger partial charge in [0.2, 0.25) is 5.91 Å². The van der Waals surface area contributed by atoms with Gasteiger partial charge in [-0.05, 0) is 24.1 Å². The quantitative estimate of drug-likeness (QED) is 0.389. The summed E-state index contributed by atoms with van der Waals surface area (Å²) in [6.07, 6.45) is -2.14. The second-order valence-electron chi connectivity index (χ2n) is 7.77. The maximum Gasteiger partial charge on any atom is 0.416 e. The average Bonchev–Trinajstić information content (AvgIpc) is 3.31. The minimum absolute atomic E-state index is 0.0549. The topological polar surface area (TPSA) is 112 Å². The molecule has 0 aliphatic heterocycles. The number of alkyl halides is 3. The number of carbonyl (C=O) groups excluding carboxylic acids is 2. The normalized spacial score (nSPS) is 13.1. The second kappa shape index (κ2) is 10.8. The number of carbonyl (C=O) groups is 3. The van der Waals surface area contributed by atoms with Crippen molar-refractivity contribution in [1.82, 2.24) is 15.3 Å². The SMILES string of the molecule is O=C(CC(Cc1ccccc1)C(=O)N[C@H](Cc1cnc[nH]1)C(=O)O)c1cccc(C(F)(F)F)c1. The number of rotatable bonds is 10. The highest BCUT2D eigenvalue weighted by Gasteiger charge is 2.32. The number of Topliss-reactive ketones (excluding diaryl/α,β-unsaturated/α-hetero) is 1. The molecule has 0 bridgehead atoms. The highest BCUT2D eigenvalue weighted by Crippen LogP contribution is 2.30. The van der Waals surface area contributed by atoms with E-state index < -0.39 is 47.8 Å². The summed E-state index contributed by atoms with van der Waals surface area (Å²) in [6, 6.07) is 11.5. The van der Waals surface area contributed by atoms with Gasteiger partial charge in [0.25, 0.3) is 0 Å². The van der Waals surface area contributed by atoms with Crippen LogP contribution in [0.1, 0.15) is 33.6 Å². The van der Waals surface area contributed by atoms with Crippen molar-refractivity contribution in [3.8, 4) is 0 Å². The summed E-state index contributed by atoms with van der Waals surface area (Å²) in [4.78, 5) is 44.2. The number of ketones is 1. The van der Waals surface area contributed by atoms with Gasteiger partial charge < -0.3 is 15.4 Å². The first-order valence-corrected chi connectivity index (χ1v) is 10.4. The summed E-state index contributed by atoms with van der Waals surface area (Å²) >= 11 is 0. The molecule has 0 aliphatic carbocycles. The Labute approximate surface area is 193 Å². The number of hydrogen-bond donors (Lipinski definition) is 3. The Bertz CT molecular complexity index is 1130. The molecule has 0 aliphatic rings. The first kappa shape index (κ1) is 24.7. The average molecular weight is 473 g/mol. The van der Waals surface area contributed by atoms with E-state index in [1.807, 2.05) is 0 Å². The smallest absolute Gasteiger partial charge is 0.416 e. The Morgan fingerprint density at radius 1 is 1.03 bits per heavy atom. The van der Waals surface area contributed by atoms with Crippen molar-refractivity contribution in [3.05, 3.63) is 89.5 Å². The first-order valence-electron chi connectivity index (χ1n) is 10.4. The predicted molar refractivity (Wildman–Crippen MR) is 116 cm³/mol. The minimum Gasteiger partial charge on any atom is -0.480 e. The predicted octanol–water partition coefficient (Wildman–Crippen LogP) is 3.67. The van der Waals surface area contributed by atoms with Crippen molar-refractivity contribution in [3.63, 3.8) is 0 Å². The van der Waals surface area contributed by atoms with Gasteiger partial charge in [-0.3, -0.25) is 9.59 Å². The number of H-pyrrole nitrogens is 1. The number of nitrogens with one attached hydrogen (secondary N) is 2. The van der Waals surface area contributed by atoms with Gasteiger partial charge in [-0.15, -0.1) is 0 Å². The molecular formula is C24H22F3N3O4. The van der Waals surface area contributed by atoms with Gasteiger partial charge in [0.05, 0.1) is 11.9 Å². The van der Waals surface area contributed by atoms with Crippen LogP contribution in [0.3, 0.4) is 0 Å². The number of hydrogen-bond acceptors (Lipinski definition) is 4. The highest BCUT2D eigenvalue weighted by atomic mass is 19.4. The molecule has 7 nitrogen and oxygen atoms in total. The lowest BCUT2D eigenvalue weighted by Crippen LogP contribution is -2.45. The molecule has 3 N–H and O–H groups in total. The Hall–Kier alpha value is -3.95. The van der Waals surface area contributed by atoms with E-state index in [2.05, 4.69) is 15.3 Å². The van der Waals surface area contributed by atoms with Crippen LogP contribution in [0.25, 0.3) is 0 Å². The lowest BCUT2D eigenvalue weighted by molar-refractivity contribution is -0.142. The van der Waals surface area contributed by atoms with Gasteiger partial charge in [0.15, 0.2) is 5.78 Å². The summed E-state index contributed by atoms with van der Waals surface area (Å²) in [5, 5.41) is 12.0. The van der Waals surface area contributed by atoms with Crippen molar-refractivity contribution < 1.29 is 32.7 Å². The van der Waals surface area contributed by atoms with Crippen molar-refractivity contribution in [2.45, 2.75) is 31.5 Å². The zero-order valence-electron chi connectivity index (χ0n) is 17.9. The van der Waals surface area contributed by atoms with Crippen LogP contribution in [0.15, 0.2) is 67.1 Å². The molecule has 0 spiro atoms. The summed E-state index contributed by atoms with van der Waals surface area (Å²) in [7, 11) is 0. The van der Waals surface area contributed by atoms with E-state index in [-0.39, 0.29) is 18.4 Å². The van der Waals surface area contributed by atoms with Crippen LogP contribution < -0.4 is 5.32 Å². The van der Waals surface area contributed by atoms with E-state index in [1.165, 1.54) is 18.6 Å². The molecule has 2 atom stereocenters. The number of amides is 1. The third-order valence-corrected chi connectivity index (χ3v) is 5.23. The molecule has 3 rings (SSSR count). The monoisotopic (exact) mass is 473 g/mol. The molecule has 0 fully saturated rings. The molecule has 3 aromatic rings. The fourth-order valence-corrected chi connectivity index (χ4v) is 3.47. The molecule has 1 aromatic heterocycles. The fourth-order valence-electron chi connectivity index (χ4n) is 3.47. The molecule has 178 valence electrons. The van der Waals surface area contributed by atoms with E-state index in [0.29, 0.717) is 5.69 Å². The molecule has 1 unspecified atom stereocenters. The standard InChI is InChI=1S/C24H22F3N3O4/c25-24(26,27)18-8-4-7-16(10-18)21(31)11-17(9-15-5-2-1-3-6-15)22(32)30-20(23(33)34)12-19-13-28-14-29-19/h1-8,10,13-14,17,20H,9,11-12H2,(H,28,29)(H,30,32)(H,33,34)/t17?,20-/m1/s1. The van der Waals surface area contributed by atoms with E-state index in [1.54, 1.807) is 30.3 Å². The maximum absolute atomic E-state index is 13.1. The number of carboxylic acid groups (broad SMARTS) is 1. The third-order valence-electron chi connectivity index (χ3n) is 5.23. The number of halogens is 3. The molecule has 0 saturated heterocycles. The summed E-state index contributed by atoms with van der Waals surface area (Å²) in [6.45, 7) is 0. The highest BCUT2D eigenvalue weighted by molar-refractivity contribution is 5.99. The summed E-state index contributed by atoms with van der Waals surface area (Å²) in [5.74, 6) is -3.60. The molecule has 0 radical (unpaired) electrons. The Morgan fingerprint density at radius 2 is 1.76 bits per heavy atom. The van der Waals surface area contributed by atoms with Gasteiger partial charge in [-0.25, -0.2) is 9.78 Å². The van der Waals surface area contributed by atoms with Crippen LogP contribution in [-0.4, -0.2) is 38.8 Å². The fraction of sp³-hybridized carbons (Fsp3) is 0.250. The number of aliphatic carboxylic acids is 1. The number of aromatic amines is 1. The van der Waals surface area contributed by atoms with E-state index in [9.17, 15) is 32.7 Å². The molecule has 2 aromatic carbocycles. The van der Waals surface area contributed by atoms with Crippen molar-refractivity contribution in [2.75, 3.05) is 0 Å². The molecule has 10 heteroatoms. The van der Waals surface area contributed by atoms with E-state index in [4.69, 9.17) is 0 Å². The summed E-state index contributed by atoms with van der Waals surface area (Å²) < 4.78 is 39.1. The van der Waals surface area contributed by atoms with Crippen LogP contribution in [0.5, 0.6) is 0 Å². The maximum atomic E-state index is 13.1. The molecule has 34 heavy (non-hydrogen) atoms. The zero-order valence-corrected chi connectivity index (χ0v) is 17.9. The lowest BCUT2D eigenvalue weighted by Gasteiger charge is -2.20. The number of benzene rings is 2. The number of nitrogens with zero attached hydrogens (tertiary/aromatic N) is 1. The minimum atomic E-state index is -4.61. The number of aromatic nitrogens is 2. The largest absolute Gasteiger partial charge is 0.480 e. The van der Waals surface area contributed by atoms with Gasteiger partial charge in [-0.1, -0.05) is 42.5 Å². The van der Waals surface area contributed by atoms with Gasteiger partial charge in [0, 0.05) is 36.2 Å². The Kier molecular flexibility index (Phi) is 7.83. The van der Waals surface area contributed by atoms with Gasteiger partial charge >= 0.3 is 12.1 Å². The van der Waals surface area contributed by atoms with Crippen LogP contribution in [0.2, 0.25) is 0 Å². The van der Waals surface area contributed by atoms with Crippen LogP contribution >= 0.6 is 0 Å². The van der Waals surface area contributed by atoms with Crippen LogP contribution in [0, 0.1) is 5.92 Å². The lowest BCUT2D eigenvalue weighted by atomic mass is 9.90. The van der Waals surface area contributed by atoms with Gasteiger partial charge in [0.1, 0.15) is 6.04 Å². The Morgan fingerprint density at radius 3 is 2.38 bits per heavy atom. The molecule has 0 saturated carbocycles. The zero-order chi connectivity index (χ0) is 24.7. The van der Waals surface area contributed by atoms with Crippen LogP contribution in [0.4, 0.5) is 13.2 Å².